The first-order chi connectivity index (χ1) is 11.2. The van der Waals surface area contributed by atoms with Crippen LogP contribution in [0.5, 0.6) is 0 Å². The number of nitrogens with zero attached hydrogens (tertiary/aromatic N) is 4. The Morgan fingerprint density at radius 1 is 1.25 bits per heavy atom. The lowest BCUT2D eigenvalue weighted by Crippen LogP contribution is -2.41. The first kappa shape index (κ1) is 18.1. The lowest BCUT2D eigenvalue weighted by molar-refractivity contribution is -0.293. The quantitative estimate of drug-likeness (QED) is 0.338. The fourth-order valence-corrected chi connectivity index (χ4v) is 1.98. The summed E-state index contributed by atoms with van der Waals surface area (Å²) in [6, 6.07) is 3.20. The summed E-state index contributed by atoms with van der Waals surface area (Å²) in [6.07, 6.45) is -1.26. The Morgan fingerprint density at radius 3 is 2.62 bits per heavy atom. The summed E-state index contributed by atoms with van der Waals surface area (Å²) in [5.41, 5.74) is 0. The van der Waals surface area contributed by atoms with Gasteiger partial charge in [0.15, 0.2) is 17.6 Å². The van der Waals surface area contributed by atoms with Gasteiger partial charge in [0.05, 0.1) is 5.75 Å². The molecule has 2 heterocycles. The van der Waals surface area contributed by atoms with Crippen molar-refractivity contribution >= 4 is 17.7 Å². The summed E-state index contributed by atoms with van der Waals surface area (Å²) >= 11 is 0.734. The number of esters is 1. The molecule has 0 saturated heterocycles. The number of hydrogen-bond acceptors (Lipinski definition) is 6. The summed E-state index contributed by atoms with van der Waals surface area (Å²) < 4.78 is 66.4. The number of carbonyl (C=O) groups excluding carboxylic acids is 1. The second-order valence-electron chi connectivity index (χ2n) is 4.30. The fraction of sp³-hybridized carbons (Fsp3) is 0.333. The molecule has 0 radical (unpaired) electrons. The molecule has 2 aromatic rings. The number of aromatic nitrogens is 4. The van der Waals surface area contributed by atoms with Crippen LogP contribution in [0.1, 0.15) is 0 Å². The normalized spacial score (nSPS) is 12.2. The maximum Gasteiger partial charge on any atom is 0.456 e. The maximum atomic E-state index is 12.6. The van der Waals surface area contributed by atoms with Gasteiger partial charge in [-0.15, -0.1) is 0 Å². The van der Waals surface area contributed by atoms with E-state index in [1.165, 1.54) is 17.1 Å². The maximum absolute atomic E-state index is 12.6. The van der Waals surface area contributed by atoms with Crippen molar-refractivity contribution < 1.29 is 31.5 Å². The minimum Gasteiger partial charge on any atom is -0.458 e. The Morgan fingerprint density at radius 2 is 2.00 bits per heavy atom. The fourth-order valence-electron chi connectivity index (χ4n) is 1.35. The van der Waals surface area contributed by atoms with Crippen LogP contribution in [0.25, 0.3) is 5.82 Å². The summed E-state index contributed by atoms with van der Waals surface area (Å²) in [6.45, 7) is -2.07. The highest BCUT2D eigenvalue weighted by Gasteiger charge is 2.58. The average Bonchev–Trinajstić information content (AvgIpc) is 3.04. The SMILES string of the molecule is O=C(CSc1nccc(-n2cccn2)n1)OCC(F)(F)C(F)(F)F. The van der Waals surface area contributed by atoms with Gasteiger partial charge in [-0.2, -0.15) is 27.1 Å². The number of thioether (sulfide) groups is 1. The third-order valence-electron chi connectivity index (χ3n) is 2.51. The molecular weight excluding hydrogens is 359 g/mol. The van der Waals surface area contributed by atoms with Crippen molar-refractivity contribution in [2.75, 3.05) is 12.4 Å². The van der Waals surface area contributed by atoms with E-state index in [2.05, 4.69) is 19.8 Å². The van der Waals surface area contributed by atoms with Crippen molar-refractivity contribution in [1.82, 2.24) is 19.7 Å². The van der Waals surface area contributed by atoms with Crippen LogP contribution in [-0.4, -0.2) is 50.2 Å². The second kappa shape index (κ2) is 7.11. The zero-order valence-corrected chi connectivity index (χ0v) is 12.5. The van der Waals surface area contributed by atoms with E-state index in [1.54, 1.807) is 18.3 Å². The van der Waals surface area contributed by atoms with Crippen molar-refractivity contribution in [3.05, 3.63) is 30.7 Å². The molecule has 0 unspecified atom stereocenters. The van der Waals surface area contributed by atoms with Crippen LogP contribution in [0, 0.1) is 0 Å². The number of rotatable bonds is 6. The Kier molecular flexibility index (Phi) is 5.36. The van der Waals surface area contributed by atoms with Crippen LogP contribution >= 0.6 is 11.8 Å². The molecule has 0 amide bonds. The molecule has 130 valence electrons. The van der Waals surface area contributed by atoms with Gasteiger partial charge in [-0.05, 0) is 6.07 Å². The highest BCUT2D eigenvalue weighted by Crippen LogP contribution is 2.35. The van der Waals surface area contributed by atoms with Gasteiger partial charge in [0.2, 0.25) is 0 Å². The summed E-state index contributed by atoms with van der Waals surface area (Å²) in [5.74, 6) is -6.45. The van der Waals surface area contributed by atoms with Gasteiger partial charge in [0, 0.05) is 24.7 Å². The largest absolute Gasteiger partial charge is 0.458 e. The van der Waals surface area contributed by atoms with Gasteiger partial charge in [-0.25, -0.2) is 14.6 Å². The van der Waals surface area contributed by atoms with Crippen LogP contribution in [0.3, 0.4) is 0 Å². The molecule has 2 aromatic heterocycles. The smallest absolute Gasteiger partial charge is 0.456 e. The zero-order valence-electron chi connectivity index (χ0n) is 11.7. The van der Waals surface area contributed by atoms with E-state index in [0.29, 0.717) is 5.82 Å². The van der Waals surface area contributed by atoms with E-state index in [1.807, 2.05) is 0 Å². The van der Waals surface area contributed by atoms with Crippen molar-refractivity contribution in [3.63, 3.8) is 0 Å². The monoisotopic (exact) mass is 368 g/mol. The van der Waals surface area contributed by atoms with Gasteiger partial charge in [0.1, 0.15) is 0 Å². The molecule has 2 rings (SSSR count). The Bertz CT molecular complexity index is 693. The minimum absolute atomic E-state index is 0.113. The van der Waals surface area contributed by atoms with Crippen LogP contribution in [0.4, 0.5) is 22.0 Å². The molecule has 0 spiro atoms. The van der Waals surface area contributed by atoms with E-state index in [-0.39, 0.29) is 5.16 Å². The number of halogens is 5. The molecule has 0 atom stereocenters. The molecule has 0 aliphatic rings. The number of alkyl halides is 5. The van der Waals surface area contributed by atoms with Crippen LogP contribution in [-0.2, 0) is 9.53 Å². The zero-order chi connectivity index (χ0) is 17.8. The van der Waals surface area contributed by atoms with Gasteiger partial charge in [-0.3, -0.25) is 4.79 Å². The molecule has 0 bridgehead atoms. The molecule has 6 nitrogen and oxygen atoms in total. The van der Waals surface area contributed by atoms with Crippen LogP contribution < -0.4 is 0 Å². The molecule has 0 aromatic carbocycles. The molecule has 24 heavy (non-hydrogen) atoms. The number of carbonyl (C=O) groups is 1. The molecule has 12 heteroatoms. The highest BCUT2D eigenvalue weighted by molar-refractivity contribution is 7.99. The molecule has 0 N–H and O–H groups in total. The van der Waals surface area contributed by atoms with Gasteiger partial charge < -0.3 is 4.74 Å². The average molecular weight is 368 g/mol. The molecule has 0 saturated carbocycles. The van der Waals surface area contributed by atoms with Crippen molar-refractivity contribution in [2.45, 2.75) is 17.3 Å². The second-order valence-corrected chi connectivity index (χ2v) is 5.24. The Balaban J connectivity index is 1.87. The van der Waals surface area contributed by atoms with Crippen molar-refractivity contribution in [3.8, 4) is 5.82 Å². The summed E-state index contributed by atoms with van der Waals surface area (Å²) in [7, 11) is 0. The lowest BCUT2D eigenvalue weighted by Gasteiger charge is -2.18. The van der Waals surface area contributed by atoms with E-state index in [0.717, 1.165) is 11.8 Å². The first-order valence-corrected chi connectivity index (χ1v) is 7.24. The number of ether oxygens (including phenoxy) is 1. The van der Waals surface area contributed by atoms with E-state index in [9.17, 15) is 26.7 Å². The van der Waals surface area contributed by atoms with Crippen LogP contribution in [0.2, 0.25) is 0 Å². The molecular formula is C12H9F5N4O2S. The third-order valence-corrected chi connectivity index (χ3v) is 3.34. The van der Waals surface area contributed by atoms with Gasteiger partial charge in [0.25, 0.3) is 0 Å². The van der Waals surface area contributed by atoms with Gasteiger partial charge >= 0.3 is 18.1 Å². The van der Waals surface area contributed by atoms with E-state index in [4.69, 9.17) is 0 Å². The molecule has 0 aliphatic carbocycles. The Labute approximate surface area is 136 Å². The van der Waals surface area contributed by atoms with E-state index >= 15 is 0 Å². The van der Waals surface area contributed by atoms with Crippen molar-refractivity contribution in [1.29, 1.82) is 0 Å². The van der Waals surface area contributed by atoms with Crippen molar-refractivity contribution in [2.24, 2.45) is 0 Å². The standard InChI is InChI=1S/C12H9F5N4O2S/c13-11(14,12(15,16)17)7-23-9(22)6-24-10-18-4-2-8(20-10)21-5-1-3-19-21/h1-5H,6-7H2. The summed E-state index contributed by atoms with van der Waals surface area (Å²) in [5, 5.41) is 4.05. The predicted molar refractivity (Wildman–Crippen MR) is 71.8 cm³/mol. The Hall–Kier alpha value is -2.24. The molecule has 0 fully saturated rings. The topological polar surface area (TPSA) is 69.9 Å². The highest BCUT2D eigenvalue weighted by atomic mass is 32.2. The number of hydrogen-bond donors (Lipinski definition) is 0. The summed E-state index contributed by atoms with van der Waals surface area (Å²) in [4.78, 5) is 19.2. The minimum atomic E-state index is -5.78. The molecule has 0 aliphatic heterocycles. The predicted octanol–water partition coefficient (Wildman–Crippen LogP) is 2.50. The van der Waals surface area contributed by atoms with Gasteiger partial charge in [-0.1, -0.05) is 11.8 Å². The third kappa shape index (κ3) is 4.63. The lowest BCUT2D eigenvalue weighted by atomic mass is 10.3. The van der Waals surface area contributed by atoms with E-state index < -0.39 is 30.4 Å². The van der Waals surface area contributed by atoms with Crippen LogP contribution in [0.15, 0.2) is 35.9 Å². The first-order valence-electron chi connectivity index (χ1n) is 6.25.